The summed E-state index contributed by atoms with van der Waals surface area (Å²) in [5, 5.41) is 29.1. The van der Waals surface area contributed by atoms with Crippen molar-refractivity contribution in [2.24, 2.45) is 11.7 Å². The Morgan fingerprint density at radius 3 is 2.33 bits per heavy atom. The SMILES string of the molecule is Cl.N[C@H](c1ccc(O)cc1O)[C@@H](O)C1CCCC1. The van der Waals surface area contributed by atoms with Crippen LogP contribution >= 0.6 is 12.4 Å². The number of benzene rings is 1. The summed E-state index contributed by atoms with van der Waals surface area (Å²) in [5.41, 5.74) is 6.47. The minimum Gasteiger partial charge on any atom is -0.508 e. The van der Waals surface area contributed by atoms with Gasteiger partial charge >= 0.3 is 0 Å². The number of nitrogens with two attached hydrogens (primary N) is 1. The van der Waals surface area contributed by atoms with E-state index in [1.54, 1.807) is 6.07 Å². The zero-order valence-corrected chi connectivity index (χ0v) is 10.9. The minimum absolute atomic E-state index is 0. The van der Waals surface area contributed by atoms with Crippen LogP contribution in [0.25, 0.3) is 0 Å². The maximum absolute atomic E-state index is 10.2. The van der Waals surface area contributed by atoms with Crippen molar-refractivity contribution in [1.29, 1.82) is 0 Å². The molecule has 0 amide bonds. The Kier molecular flexibility index (Phi) is 5.26. The lowest BCUT2D eigenvalue weighted by molar-refractivity contribution is 0.0836. The summed E-state index contributed by atoms with van der Waals surface area (Å²) in [5.74, 6) is 0.154. The molecule has 1 aromatic carbocycles. The number of aliphatic hydroxyl groups excluding tert-OH is 1. The van der Waals surface area contributed by atoms with Gasteiger partial charge in [0.1, 0.15) is 11.5 Å². The summed E-state index contributed by atoms with van der Waals surface area (Å²) in [4.78, 5) is 0. The molecule has 2 rings (SSSR count). The Labute approximate surface area is 113 Å². The van der Waals surface area contributed by atoms with E-state index < -0.39 is 12.1 Å². The highest BCUT2D eigenvalue weighted by molar-refractivity contribution is 5.85. The van der Waals surface area contributed by atoms with Crippen LogP contribution in [0, 0.1) is 5.92 Å². The number of aromatic hydroxyl groups is 2. The number of hydrogen-bond acceptors (Lipinski definition) is 4. The molecule has 0 aliphatic heterocycles. The third-order valence-electron chi connectivity index (χ3n) is 3.62. The van der Waals surface area contributed by atoms with Gasteiger partial charge in [-0.2, -0.15) is 0 Å². The van der Waals surface area contributed by atoms with Crippen molar-refractivity contribution in [2.45, 2.75) is 37.8 Å². The first-order valence-electron chi connectivity index (χ1n) is 6.05. The van der Waals surface area contributed by atoms with Gasteiger partial charge in [-0.15, -0.1) is 12.4 Å². The van der Waals surface area contributed by atoms with Gasteiger partial charge in [0.25, 0.3) is 0 Å². The van der Waals surface area contributed by atoms with Gasteiger partial charge < -0.3 is 21.1 Å². The number of hydrogen-bond donors (Lipinski definition) is 4. The monoisotopic (exact) mass is 273 g/mol. The summed E-state index contributed by atoms with van der Waals surface area (Å²) in [6.45, 7) is 0. The summed E-state index contributed by atoms with van der Waals surface area (Å²) < 4.78 is 0. The van der Waals surface area contributed by atoms with Crippen molar-refractivity contribution in [3.8, 4) is 11.5 Å². The Morgan fingerprint density at radius 1 is 1.17 bits per heavy atom. The topological polar surface area (TPSA) is 86.7 Å². The normalized spacial score (nSPS) is 19.2. The molecule has 1 aromatic rings. The number of halogens is 1. The highest BCUT2D eigenvalue weighted by atomic mass is 35.5. The van der Waals surface area contributed by atoms with Crippen LogP contribution in [0.1, 0.15) is 37.3 Å². The number of phenols is 2. The largest absolute Gasteiger partial charge is 0.508 e. The summed E-state index contributed by atoms with van der Waals surface area (Å²) in [6, 6.07) is 3.68. The summed E-state index contributed by atoms with van der Waals surface area (Å²) in [6.07, 6.45) is 3.63. The molecule has 0 heterocycles. The molecular formula is C13H20ClNO3. The van der Waals surface area contributed by atoms with Crippen LogP contribution in [0.4, 0.5) is 0 Å². The van der Waals surface area contributed by atoms with Crippen LogP contribution < -0.4 is 5.73 Å². The molecule has 0 bridgehead atoms. The Bertz CT molecular complexity index is 394. The summed E-state index contributed by atoms with van der Waals surface area (Å²) >= 11 is 0. The fourth-order valence-corrected chi connectivity index (χ4v) is 2.59. The molecule has 0 saturated heterocycles. The fraction of sp³-hybridized carbons (Fsp3) is 0.538. The first kappa shape index (κ1) is 15.1. The molecule has 2 atom stereocenters. The van der Waals surface area contributed by atoms with Crippen molar-refractivity contribution in [3.05, 3.63) is 23.8 Å². The Morgan fingerprint density at radius 2 is 1.78 bits per heavy atom. The van der Waals surface area contributed by atoms with E-state index in [9.17, 15) is 15.3 Å². The molecule has 18 heavy (non-hydrogen) atoms. The predicted molar refractivity (Wildman–Crippen MR) is 71.9 cm³/mol. The molecule has 0 spiro atoms. The average molecular weight is 274 g/mol. The first-order chi connectivity index (χ1) is 8.09. The van der Waals surface area contributed by atoms with Gasteiger partial charge in [0.15, 0.2) is 0 Å². The van der Waals surface area contributed by atoms with Crippen LogP contribution in [0.3, 0.4) is 0 Å². The van der Waals surface area contributed by atoms with Gasteiger partial charge in [-0.05, 0) is 30.9 Å². The molecule has 4 nitrogen and oxygen atoms in total. The Hall–Kier alpha value is -0.970. The lowest BCUT2D eigenvalue weighted by Gasteiger charge is -2.25. The number of phenolic OH excluding ortho intramolecular Hbond substituents is 2. The van der Waals surface area contributed by atoms with Gasteiger partial charge in [0, 0.05) is 11.6 Å². The molecule has 0 radical (unpaired) electrons. The second-order valence-corrected chi connectivity index (χ2v) is 4.80. The molecule has 102 valence electrons. The van der Waals surface area contributed by atoms with Gasteiger partial charge in [0.2, 0.25) is 0 Å². The van der Waals surface area contributed by atoms with Crippen LogP contribution in [-0.4, -0.2) is 21.4 Å². The van der Waals surface area contributed by atoms with E-state index in [-0.39, 0.29) is 29.8 Å². The number of rotatable bonds is 3. The molecule has 0 unspecified atom stereocenters. The molecule has 5 heteroatoms. The van der Waals surface area contributed by atoms with E-state index in [1.165, 1.54) is 12.1 Å². The van der Waals surface area contributed by atoms with E-state index in [0.717, 1.165) is 25.7 Å². The maximum atomic E-state index is 10.2. The fourth-order valence-electron chi connectivity index (χ4n) is 2.59. The quantitative estimate of drug-likeness (QED) is 0.679. The highest BCUT2D eigenvalue weighted by Crippen LogP contribution is 2.35. The molecule has 1 aliphatic carbocycles. The lowest BCUT2D eigenvalue weighted by atomic mass is 9.90. The molecule has 1 saturated carbocycles. The second-order valence-electron chi connectivity index (χ2n) is 4.80. The predicted octanol–water partition coefficient (Wildman–Crippen LogP) is 2.07. The molecule has 0 aromatic heterocycles. The van der Waals surface area contributed by atoms with Crippen LogP contribution in [-0.2, 0) is 0 Å². The summed E-state index contributed by atoms with van der Waals surface area (Å²) in [7, 11) is 0. The van der Waals surface area contributed by atoms with Crippen molar-refractivity contribution < 1.29 is 15.3 Å². The van der Waals surface area contributed by atoms with E-state index in [4.69, 9.17) is 5.73 Å². The molecular weight excluding hydrogens is 254 g/mol. The molecule has 1 fully saturated rings. The molecule has 1 aliphatic rings. The second kappa shape index (κ2) is 6.27. The third-order valence-corrected chi connectivity index (χ3v) is 3.62. The molecule has 5 N–H and O–H groups in total. The van der Waals surface area contributed by atoms with Crippen molar-refractivity contribution in [2.75, 3.05) is 0 Å². The van der Waals surface area contributed by atoms with Crippen LogP contribution in [0.15, 0.2) is 18.2 Å². The standard InChI is InChI=1S/C13H19NO3.ClH/c14-12(13(17)8-3-1-2-4-8)10-6-5-9(15)7-11(10)16;/h5-8,12-13,15-17H,1-4,14H2;1H/t12-,13+;/m1./s1. The van der Waals surface area contributed by atoms with Crippen LogP contribution in [0.2, 0.25) is 0 Å². The third kappa shape index (κ3) is 3.07. The zero-order chi connectivity index (χ0) is 12.4. The van der Waals surface area contributed by atoms with Crippen molar-refractivity contribution >= 4 is 12.4 Å². The van der Waals surface area contributed by atoms with Gasteiger partial charge in [-0.25, -0.2) is 0 Å². The highest BCUT2D eigenvalue weighted by Gasteiger charge is 2.29. The zero-order valence-electron chi connectivity index (χ0n) is 10.1. The lowest BCUT2D eigenvalue weighted by Crippen LogP contribution is -2.31. The van der Waals surface area contributed by atoms with Gasteiger partial charge in [-0.1, -0.05) is 12.8 Å². The van der Waals surface area contributed by atoms with E-state index in [0.29, 0.717) is 5.56 Å². The first-order valence-corrected chi connectivity index (χ1v) is 6.05. The van der Waals surface area contributed by atoms with E-state index in [2.05, 4.69) is 0 Å². The average Bonchev–Trinajstić information content (AvgIpc) is 2.80. The maximum Gasteiger partial charge on any atom is 0.124 e. The number of aliphatic hydroxyl groups is 1. The van der Waals surface area contributed by atoms with E-state index >= 15 is 0 Å². The van der Waals surface area contributed by atoms with Crippen molar-refractivity contribution in [1.82, 2.24) is 0 Å². The van der Waals surface area contributed by atoms with Crippen molar-refractivity contribution in [3.63, 3.8) is 0 Å². The van der Waals surface area contributed by atoms with Gasteiger partial charge in [-0.3, -0.25) is 0 Å². The van der Waals surface area contributed by atoms with Crippen LogP contribution in [0.5, 0.6) is 11.5 Å². The minimum atomic E-state index is -0.632. The van der Waals surface area contributed by atoms with E-state index in [1.807, 2.05) is 0 Å². The van der Waals surface area contributed by atoms with Gasteiger partial charge in [0.05, 0.1) is 12.1 Å². The smallest absolute Gasteiger partial charge is 0.124 e. The Balaban J connectivity index is 0.00000162.